The van der Waals surface area contributed by atoms with Crippen molar-refractivity contribution in [3.63, 3.8) is 0 Å². The second kappa shape index (κ2) is 7.67. The van der Waals surface area contributed by atoms with E-state index in [4.69, 9.17) is 5.11 Å². The number of nitrogens with one attached hydrogen (secondary N) is 1. The van der Waals surface area contributed by atoms with E-state index in [9.17, 15) is 18.0 Å². The molecular weight excluding hydrogens is 235 g/mol. The van der Waals surface area contributed by atoms with Gasteiger partial charge in [-0.2, -0.15) is 13.2 Å². The first kappa shape index (κ1) is 15.4. The van der Waals surface area contributed by atoms with Crippen LogP contribution in [0.15, 0.2) is 30.3 Å². The summed E-state index contributed by atoms with van der Waals surface area (Å²) in [6.07, 6.45) is -4.81. The molecule has 0 bridgehead atoms. The SMILES string of the molecule is CCO.O=C(NCc1ccccc1)C(F)(F)F. The number of rotatable bonds is 2. The largest absolute Gasteiger partial charge is 0.471 e. The number of alkyl halides is 3. The minimum Gasteiger partial charge on any atom is -0.397 e. The highest BCUT2D eigenvalue weighted by molar-refractivity contribution is 5.81. The monoisotopic (exact) mass is 249 g/mol. The third-order valence-electron chi connectivity index (χ3n) is 1.55. The van der Waals surface area contributed by atoms with Crippen molar-refractivity contribution in [1.82, 2.24) is 5.32 Å². The number of halogens is 3. The molecule has 17 heavy (non-hydrogen) atoms. The third-order valence-corrected chi connectivity index (χ3v) is 1.55. The Bertz CT molecular complexity index is 325. The predicted octanol–water partition coefficient (Wildman–Crippen LogP) is 1.86. The normalized spacial score (nSPS) is 10.2. The maximum atomic E-state index is 11.7. The summed E-state index contributed by atoms with van der Waals surface area (Å²) in [6.45, 7) is 1.82. The molecule has 0 aliphatic rings. The van der Waals surface area contributed by atoms with Crippen molar-refractivity contribution < 1.29 is 23.1 Å². The molecule has 0 saturated heterocycles. The molecular formula is C11H14F3NO2. The van der Waals surface area contributed by atoms with Gasteiger partial charge >= 0.3 is 12.1 Å². The Hall–Kier alpha value is -1.56. The van der Waals surface area contributed by atoms with Gasteiger partial charge in [0.25, 0.3) is 0 Å². The van der Waals surface area contributed by atoms with Crippen molar-refractivity contribution in [2.24, 2.45) is 0 Å². The van der Waals surface area contributed by atoms with Crippen molar-refractivity contribution >= 4 is 5.91 Å². The van der Waals surface area contributed by atoms with E-state index < -0.39 is 12.1 Å². The van der Waals surface area contributed by atoms with Crippen molar-refractivity contribution in [1.29, 1.82) is 0 Å². The van der Waals surface area contributed by atoms with Crippen LogP contribution in [0.2, 0.25) is 0 Å². The highest BCUT2D eigenvalue weighted by Gasteiger charge is 2.38. The van der Waals surface area contributed by atoms with Gasteiger partial charge in [-0.3, -0.25) is 4.79 Å². The first-order valence-electron chi connectivity index (χ1n) is 4.91. The molecule has 3 nitrogen and oxygen atoms in total. The van der Waals surface area contributed by atoms with Crippen molar-refractivity contribution in [2.45, 2.75) is 19.6 Å². The van der Waals surface area contributed by atoms with Crippen LogP contribution in [0.4, 0.5) is 13.2 Å². The quantitative estimate of drug-likeness (QED) is 0.840. The average Bonchev–Trinajstić information content (AvgIpc) is 2.27. The summed E-state index contributed by atoms with van der Waals surface area (Å²) in [5.41, 5.74) is 0.630. The van der Waals surface area contributed by atoms with Crippen LogP contribution >= 0.6 is 0 Å². The van der Waals surface area contributed by atoms with E-state index in [1.807, 2.05) is 0 Å². The standard InChI is InChI=1S/C9H8F3NO.C2H6O/c10-9(11,12)8(14)13-6-7-4-2-1-3-5-7;1-2-3/h1-5H,6H2,(H,13,14);3H,2H2,1H3. The molecule has 1 aromatic carbocycles. The number of benzene rings is 1. The molecule has 0 aromatic heterocycles. The lowest BCUT2D eigenvalue weighted by Crippen LogP contribution is -2.36. The van der Waals surface area contributed by atoms with Crippen molar-refractivity contribution in [3.05, 3.63) is 35.9 Å². The zero-order valence-corrected chi connectivity index (χ0v) is 9.29. The van der Waals surface area contributed by atoms with Crippen molar-refractivity contribution in [3.8, 4) is 0 Å². The summed E-state index contributed by atoms with van der Waals surface area (Å²) in [6, 6.07) is 8.40. The molecule has 1 aromatic rings. The summed E-state index contributed by atoms with van der Waals surface area (Å²) in [5, 5.41) is 9.34. The molecule has 0 fully saturated rings. The van der Waals surface area contributed by atoms with Gasteiger partial charge in [-0.1, -0.05) is 30.3 Å². The minimum absolute atomic E-state index is 0.112. The summed E-state index contributed by atoms with van der Waals surface area (Å²) in [7, 11) is 0. The number of carbonyl (C=O) groups is 1. The third kappa shape index (κ3) is 7.35. The van der Waals surface area contributed by atoms with Gasteiger partial charge in [-0.15, -0.1) is 0 Å². The Morgan fingerprint density at radius 2 is 1.76 bits per heavy atom. The van der Waals surface area contributed by atoms with E-state index in [0.29, 0.717) is 5.56 Å². The zero-order chi connectivity index (χ0) is 13.3. The van der Waals surface area contributed by atoms with Crippen LogP contribution in [0, 0.1) is 0 Å². The molecule has 0 radical (unpaired) electrons. The second-order valence-corrected chi connectivity index (χ2v) is 2.98. The van der Waals surface area contributed by atoms with Gasteiger partial charge in [0.15, 0.2) is 0 Å². The van der Waals surface area contributed by atoms with Crippen molar-refractivity contribution in [2.75, 3.05) is 6.61 Å². The van der Waals surface area contributed by atoms with Gasteiger partial charge in [0.05, 0.1) is 0 Å². The molecule has 2 N–H and O–H groups in total. The Morgan fingerprint density at radius 1 is 1.29 bits per heavy atom. The van der Waals surface area contributed by atoms with Gasteiger partial charge in [0.2, 0.25) is 0 Å². The lowest BCUT2D eigenvalue weighted by Gasteiger charge is -2.07. The van der Waals surface area contributed by atoms with Crippen LogP contribution in [0.3, 0.4) is 0 Å². The molecule has 0 aliphatic carbocycles. The van der Waals surface area contributed by atoms with E-state index >= 15 is 0 Å². The lowest BCUT2D eigenvalue weighted by molar-refractivity contribution is -0.173. The van der Waals surface area contributed by atoms with E-state index in [-0.39, 0.29) is 13.2 Å². The Morgan fingerprint density at radius 3 is 2.18 bits per heavy atom. The predicted molar refractivity (Wildman–Crippen MR) is 57.1 cm³/mol. The maximum absolute atomic E-state index is 11.7. The Labute approximate surface area is 97.3 Å². The smallest absolute Gasteiger partial charge is 0.397 e. The maximum Gasteiger partial charge on any atom is 0.471 e. The zero-order valence-electron chi connectivity index (χ0n) is 9.29. The second-order valence-electron chi connectivity index (χ2n) is 2.98. The number of hydrogen-bond acceptors (Lipinski definition) is 2. The number of carbonyl (C=O) groups excluding carboxylic acids is 1. The topological polar surface area (TPSA) is 49.3 Å². The molecule has 0 atom stereocenters. The Balaban J connectivity index is 0.000000770. The van der Waals surface area contributed by atoms with Crippen LogP contribution in [0.25, 0.3) is 0 Å². The summed E-state index contributed by atoms with van der Waals surface area (Å²) in [4.78, 5) is 10.4. The van der Waals surface area contributed by atoms with Gasteiger partial charge in [0.1, 0.15) is 0 Å². The number of hydrogen-bond donors (Lipinski definition) is 2. The van der Waals surface area contributed by atoms with Gasteiger partial charge in [-0.05, 0) is 12.5 Å². The Kier molecular flexibility index (Phi) is 6.97. The molecule has 1 rings (SSSR count). The minimum atomic E-state index is -4.81. The van der Waals surface area contributed by atoms with Crippen LogP contribution in [0.1, 0.15) is 12.5 Å². The fourth-order valence-corrected chi connectivity index (χ4v) is 0.878. The van der Waals surface area contributed by atoms with Crippen LogP contribution in [-0.2, 0) is 11.3 Å². The molecule has 0 aliphatic heterocycles. The first-order chi connectivity index (χ1) is 7.91. The van der Waals surface area contributed by atoms with Gasteiger partial charge in [-0.25, -0.2) is 0 Å². The fourth-order valence-electron chi connectivity index (χ4n) is 0.878. The number of aliphatic hydroxyl groups is 1. The van der Waals surface area contributed by atoms with E-state index in [2.05, 4.69) is 0 Å². The molecule has 0 heterocycles. The average molecular weight is 249 g/mol. The molecule has 96 valence electrons. The number of amides is 1. The van der Waals surface area contributed by atoms with Crippen LogP contribution < -0.4 is 5.32 Å². The first-order valence-corrected chi connectivity index (χ1v) is 4.91. The van der Waals surface area contributed by atoms with E-state index in [0.717, 1.165) is 0 Å². The van der Waals surface area contributed by atoms with E-state index in [1.54, 1.807) is 42.6 Å². The molecule has 1 amide bonds. The summed E-state index contributed by atoms with van der Waals surface area (Å²) >= 11 is 0. The lowest BCUT2D eigenvalue weighted by atomic mass is 10.2. The van der Waals surface area contributed by atoms with Gasteiger partial charge < -0.3 is 10.4 Å². The molecule has 6 heteroatoms. The highest BCUT2D eigenvalue weighted by Crippen LogP contribution is 2.14. The molecule has 0 saturated carbocycles. The van der Waals surface area contributed by atoms with E-state index in [1.165, 1.54) is 0 Å². The fraction of sp³-hybridized carbons (Fsp3) is 0.364. The van der Waals surface area contributed by atoms with Crippen LogP contribution in [-0.4, -0.2) is 23.8 Å². The molecule has 0 spiro atoms. The number of aliphatic hydroxyl groups excluding tert-OH is 1. The summed E-state index contributed by atoms with van der Waals surface area (Å²) in [5.74, 6) is -1.92. The van der Waals surface area contributed by atoms with Gasteiger partial charge in [0, 0.05) is 13.2 Å². The summed E-state index contributed by atoms with van der Waals surface area (Å²) < 4.78 is 35.2. The molecule has 0 unspecified atom stereocenters. The highest BCUT2D eigenvalue weighted by atomic mass is 19.4. The van der Waals surface area contributed by atoms with Crippen LogP contribution in [0.5, 0.6) is 0 Å².